The van der Waals surface area contributed by atoms with Crippen molar-refractivity contribution < 1.29 is 9.72 Å². The smallest absolute Gasteiger partial charge is 0.210 e. The van der Waals surface area contributed by atoms with Crippen LogP contribution in [-0.2, 0) is 0 Å². The van der Waals surface area contributed by atoms with Crippen molar-refractivity contribution in [3.05, 3.63) is 86.4 Å². The molecule has 118 valence electrons. The molecule has 0 aromatic heterocycles. The molecule has 0 radical (unpaired) electrons. The second kappa shape index (κ2) is 8.39. The third-order valence-electron chi connectivity index (χ3n) is 3.34. The maximum absolute atomic E-state index is 12.3. The Balaban J connectivity index is 2.10. The molecular weight excluding hydrogens is 358 g/mol. The number of benzene rings is 2. The molecule has 0 amide bonds. The van der Waals surface area contributed by atoms with E-state index in [4.69, 9.17) is 0 Å². The number of halogens is 1. The van der Waals surface area contributed by atoms with E-state index in [9.17, 15) is 14.9 Å². The number of rotatable bonds is 7. The minimum Gasteiger partial charge on any atom is -0.294 e. The molecule has 0 fully saturated rings. The van der Waals surface area contributed by atoms with Crippen molar-refractivity contribution in [2.45, 2.75) is 6.42 Å². The Morgan fingerprint density at radius 3 is 2.57 bits per heavy atom. The molecule has 2 aromatic rings. The van der Waals surface area contributed by atoms with Gasteiger partial charge < -0.3 is 0 Å². The summed E-state index contributed by atoms with van der Waals surface area (Å²) in [4.78, 5) is 22.8. The second-order valence-electron chi connectivity index (χ2n) is 5.18. The van der Waals surface area contributed by atoms with Crippen LogP contribution in [0.5, 0.6) is 0 Å². The highest BCUT2D eigenvalue weighted by atomic mass is 79.9. The lowest BCUT2D eigenvalue weighted by molar-refractivity contribution is -0.485. The summed E-state index contributed by atoms with van der Waals surface area (Å²) in [6.45, 7) is -0.261. The Kier molecular flexibility index (Phi) is 6.23. The highest BCUT2D eigenvalue weighted by Crippen LogP contribution is 2.17. The van der Waals surface area contributed by atoms with Crippen molar-refractivity contribution in [1.29, 1.82) is 0 Å². The summed E-state index contributed by atoms with van der Waals surface area (Å²) in [5.74, 6) is -0.535. The van der Waals surface area contributed by atoms with Gasteiger partial charge >= 0.3 is 0 Å². The normalized spacial score (nSPS) is 12.2. The monoisotopic (exact) mass is 373 g/mol. The summed E-state index contributed by atoms with van der Waals surface area (Å²) >= 11 is 3.32. The first-order valence-corrected chi connectivity index (χ1v) is 7.97. The first-order valence-electron chi connectivity index (χ1n) is 7.18. The van der Waals surface area contributed by atoms with Gasteiger partial charge in [-0.05, 0) is 17.7 Å². The molecule has 0 heterocycles. The van der Waals surface area contributed by atoms with Crippen LogP contribution in [0.2, 0.25) is 0 Å². The molecule has 0 spiro atoms. The Hall–Kier alpha value is -2.27. The van der Waals surface area contributed by atoms with Gasteiger partial charge in [0.15, 0.2) is 5.78 Å². The Morgan fingerprint density at radius 2 is 1.91 bits per heavy atom. The van der Waals surface area contributed by atoms with Crippen LogP contribution in [0.25, 0.3) is 6.08 Å². The van der Waals surface area contributed by atoms with E-state index in [0.29, 0.717) is 5.56 Å². The van der Waals surface area contributed by atoms with Gasteiger partial charge in [0.05, 0.1) is 0 Å². The van der Waals surface area contributed by atoms with Crippen LogP contribution in [0, 0.1) is 16.0 Å². The number of Topliss-reactive ketones (excluding diaryl/α,β-unsaturated/α-hetero) is 1. The summed E-state index contributed by atoms with van der Waals surface area (Å²) < 4.78 is 0.814. The highest BCUT2D eigenvalue weighted by Gasteiger charge is 2.18. The molecule has 0 saturated heterocycles. The first-order chi connectivity index (χ1) is 11.0. The lowest BCUT2D eigenvalue weighted by Gasteiger charge is -2.08. The SMILES string of the molecule is O=C(C[C@@H](/C=C/c1ccccc1)C[N+](=O)[O-])c1cccc(Br)c1. The number of hydrogen-bond acceptors (Lipinski definition) is 3. The van der Waals surface area contributed by atoms with Gasteiger partial charge in [-0.15, -0.1) is 0 Å². The minimum atomic E-state index is -0.434. The molecule has 0 unspecified atom stereocenters. The second-order valence-corrected chi connectivity index (χ2v) is 6.10. The maximum atomic E-state index is 12.3. The molecule has 23 heavy (non-hydrogen) atoms. The molecule has 0 N–H and O–H groups in total. The maximum Gasteiger partial charge on any atom is 0.210 e. The van der Waals surface area contributed by atoms with E-state index < -0.39 is 5.92 Å². The van der Waals surface area contributed by atoms with E-state index in [1.807, 2.05) is 42.5 Å². The predicted molar refractivity (Wildman–Crippen MR) is 93.9 cm³/mol. The Morgan fingerprint density at radius 1 is 1.17 bits per heavy atom. The molecule has 0 saturated carbocycles. The van der Waals surface area contributed by atoms with E-state index >= 15 is 0 Å². The van der Waals surface area contributed by atoms with E-state index in [1.54, 1.807) is 24.3 Å². The van der Waals surface area contributed by atoms with Gasteiger partial charge in [-0.3, -0.25) is 14.9 Å². The van der Waals surface area contributed by atoms with Crippen LogP contribution >= 0.6 is 15.9 Å². The fraction of sp³-hybridized carbons (Fsp3) is 0.167. The average Bonchev–Trinajstić information content (AvgIpc) is 2.53. The number of carbonyl (C=O) groups excluding carboxylic acids is 1. The van der Waals surface area contributed by atoms with Gasteiger partial charge in [-0.1, -0.05) is 70.5 Å². The van der Waals surface area contributed by atoms with Crippen molar-refractivity contribution in [3.63, 3.8) is 0 Å². The molecule has 0 aliphatic carbocycles. The topological polar surface area (TPSA) is 60.2 Å². The highest BCUT2D eigenvalue weighted by molar-refractivity contribution is 9.10. The standard InChI is InChI=1S/C18H16BrNO3/c19-17-8-4-7-16(12-17)18(21)11-15(13-20(22)23)10-9-14-5-2-1-3-6-14/h1-10,12,15H,11,13H2/b10-9+/t15-/m1/s1. The molecule has 0 bridgehead atoms. The van der Waals surface area contributed by atoms with Crippen LogP contribution in [0.15, 0.2) is 65.1 Å². The van der Waals surface area contributed by atoms with E-state index in [1.165, 1.54) is 0 Å². The van der Waals surface area contributed by atoms with Gasteiger partial charge in [-0.2, -0.15) is 0 Å². The summed E-state index contributed by atoms with van der Waals surface area (Å²) in [5.41, 5.74) is 1.51. The zero-order valence-corrected chi connectivity index (χ0v) is 14.0. The van der Waals surface area contributed by atoms with Crippen LogP contribution in [0.1, 0.15) is 22.3 Å². The first kappa shape index (κ1) is 17.1. The zero-order chi connectivity index (χ0) is 16.7. The number of hydrogen-bond donors (Lipinski definition) is 0. The van der Waals surface area contributed by atoms with Crippen molar-refractivity contribution >= 4 is 27.8 Å². The van der Waals surface area contributed by atoms with E-state index in [0.717, 1.165) is 10.0 Å². The molecular formula is C18H16BrNO3. The largest absolute Gasteiger partial charge is 0.294 e. The molecule has 0 aliphatic heterocycles. The van der Waals surface area contributed by atoms with Crippen molar-refractivity contribution in [1.82, 2.24) is 0 Å². The van der Waals surface area contributed by atoms with Gasteiger partial charge in [0.1, 0.15) is 0 Å². The van der Waals surface area contributed by atoms with Gasteiger partial charge in [-0.25, -0.2) is 0 Å². The van der Waals surface area contributed by atoms with Crippen molar-refractivity contribution in [2.75, 3.05) is 6.54 Å². The summed E-state index contributed by atoms with van der Waals surface area (Å²) in [6.07, 6.45) is 3.68. The fourth-order valence-corrected chi connectivity index (χ4v) is 2.61. The van der Waals surface area contributed by atoms with Gasteiger partial charge in [0.25, 0.3) is 0 Å². The third kappa shape index (κ3) is 5.79. The van der Waals surface area contributed by atoms with Crippen LogP contribution in [-0.4, -0.2) is 17.3 Å². The molecule has 1 atom stereocenters. The predicted octanol–water partition coefficient (Wildman–Crippen LogP) is 4.63. The van der Waals surface area contributed by atoms with E-state index in [2.05, 4.69) is 15.9 Å². The minimum absolute atomic E-state index is 0.101. The number of ketones is 1. The van der Waals surface area contributed by atoms with Crippen molar-refractivity contribution in [2.24, 2.45) is 5.92 Å². The molecule has 4 nitrogen and oxygen atoms in total. The van der Waals surface area contributed by atoms with Crippen LogP contribution in [0.4, 0.5) is 0 Å². The van der Waals surface area contributed by atoms with Gasteiger partial charge in [0.2, 0.25) is 6.54 Å². The summed E-state index contributed by atoms with van der Waals surface area (Å²) in [7, 11) is 0. The lowest BCUT2D eigenvalue weighted by atomic mass is 9.97. The van der Waals surface area contributed by atoms with E-state index in [-0.39, 0.29) is 23.7 Å². The Bertz CT molecular complexity index is 713. The Labute approximate surface area is 143 Å². The summed E-state index contributed by atoms with van der Waals surface area (Å²) in [6, 6.07) is 16.6. The fourth-order valence-electron chi connectivity index (χ4n) is 2.21. The summed E-state index contributed by atoms with van der Waals surface area (Å²) in [5, 5.41) is 10.8. The lowest BCUT2D eigenvalue weighted by Crippen LogP contribution is -2.16. The number of nitrogens with zero attached hydrogens (tertiary/aromatic N) is 1. The molecule has 2 aromatic carbocycles. The molecule has 0 aliphatic rings. The molecule has 5 heteroatoms. The average molecular weight is 374 g/mol. The number of nitro groups is 1. The van der Waals surface area contributed by atoms with Crippen LogP contribution in [0.3, 0.4) is 0 Å². The molecule has 2 rings (SSSR count). The van der Waals surface area contributed by atoms with Gasteiger partial charge in [0, 0.05) is 27.3 Å². The number of carbonyl (C=O) groups is 1. The van der Waals surface area contributed by atoms with Crippen molar-refractivity contribution in [3.8, 4) is 0 Å². The quantitative estimate of drug-likeness (QED) is 0.403. The van der Waals surface area contributed by atoms with Crippen LogP contribution < -0.4 is 0 Å². The zero-order valence-electron chi connectivity index (χ0n) is 12.4. The third-order valence-corrected chi connectivity index (χ3v) is 3.83.